The molecule has 0 aromatic carbocycles. The van der Waals surface area contributed by atoms with Crippen molar-refractivity contribution in [2.75, 3.05) is 11.4 Å². The molecule has 1 aromatic heterocycles. The minimum Gasteiger partial charge on any atom is -0.481 e. The van der Waals surface area contributed by atoms with Crippen molar-refractivity contribution in [3.05, 3.63) is 23.7 Å². The van der Waals surface area contributed by atoms with Crippen LogP contribution in [0.4, 0.5) is 5.13 Å². The number of nitrogens with zero attached hydrogens (tertiary/aromatic N) is 2. The van der Waals surface area contributed by atoms with Crippen LogP contribution >= 0.6 is 11.3 Å². The Morgan fingerprint density at radius 1 is 1.63 bits per heavy atom. The molecule has 0 unspecified atom stereocenters. The van der Waals surface area contributed by atoms with Gasteiger partial charge >= 0.3 is 5.97 Å². The number of carbonyl (C=O) groups is 2. The van der Waals surface area contributed by atoms with Crippen molar-refractivity contribution in [1.29, 1.82) is 0 Å². The second-order valence-electron chi connectivity index (χ2n) is 4.98. The molecule has 1 spiro atoms. The average Bonchev–Trinajstić information content (AvgIpc) is 3.09. The molecular formula is C12H10N2O4S. The number of anilines is 1. The van der Waals surface area contributed by atoms with Gasteiger partial charge in [-0.05, 0) is 0 Å². The number of aromatic nitrogens is 1. The molecule has 0 radical (unpaired) electrons. The highest BCUT2D eigenvalue weighted by molar-refractivity contribution is 7.13. The van der Waals surface area contributed by atoms with Gasteiger partial charge in [-0.3, -0.25) is 14.5 Å². The predicted molar refractivity (Wildman–Crippen MR) is 65.8 cm³/mol. The fourth-order valence-electron chi connectivity index (χ4n) is 3.29. The largest absolute Gasteiger partial charge is 0.481 e. The Labute approximate surface area is 112 Å². The van der Waals surface area contributed by atoms with Crippen LogP contribution in [0.5, 0.6) is 0 Å². The second-order valence-corrected chi connectivity index (χ2v) is 5.85. The summed E-state index contributed by atoms with van der Waals surface area (Å²) in [5.74, 6) is -2.60. The van der Waals surface area contributed by atoms with Crippen LogP contribution in [-0.4, -0.2) is 40.2 Å². The van der Waals surface area contributed by atoms with Crippen LogP contribution in [-0.2, 0) is 14.3 Å². The van der Waals surface area contributed by atoms with Gasteiger partial charge in [-0.25, -0.2) is 4.98 Å². The highest BCUT2D eigenvalue weighted by Gasteiger charge is 2.67. The van der Waals surface area contributed by atoms with Crippen LogP contribution < -0.4 is 4.90 Å². The summed E-state index contributed by atoms with van der Waals surface area (Å²) in [5, 5.41) is 11.7. The Morgan fingerprint density at radius 2 is 2.47 bits per heavy atom. The normalized spacial score (nSPS) is 39.1. The summed E-state index contributed by atoms with van der Waals surface area (Å²) >= 11 is 1.36. The number of hydrogen-bond donors (Lipinski definition) is 1. The molecule has 19 heavy (non-hydrogen) atoms. The van der Waals surface area contributed by atoms with Gasteiger partial charge in [0, 0.05) is 11.6 Å². The zero-order valence-corrected chi connectivity index (χ0v) is 10.5. The molecule has 2 bridgehead atoms. The van der Waals surface area contributed by atoms with E-state index in [0.29, 0.717) is 11.7 Å². The number of rotatable bonds is 2. The number of fused-ring (bicyclic) bond motifs is 1. The maximum Gasteiger partial charge on any atom is 0.310 e. The van der Waals surface area contributed by atoms with Crippen molar-refractivity contribution >= 4 is 28.3 Å². The molecule has 0 saturated carbocycles. The number of aliphatic carboxylic acids is 1. The monoisotopic (exact) mass is 278 g/mol. The molecule has 4 atom stereocenters. The summed E-state index contributed by atoms with van der Waals surface area (Å²) in [6.45, 7) is 0.348. The topological polar surface area (TPSA) is 79.7 Å². The van der Waals surface area contributed by atoms with Crippen molar-refractivity contribution in [1.82, 2.24) is 4.98 Å². The Balaban J connectivity index is 1.77. The molecule has 3 aliphatic heterocycles. The molecule has 6 nitrogen and oxygen atoms in total. The van der Waals surface area contributed by atoms with E-state index in [1.165, 1.54) is 16.2 Å². The standard InChI is InChI=1S/C12H10N2O4S/c15-9-8-7(10(16)17)6-1-2-12(8,18-6)5-14(9)11-13-3-4-19-11/h1-4,6-8H,5H2,(H,16,17)/t6-,7+,8+,12+/m1/s1. The zero-order chi connectivity index (χ0) is 13.2. The number of amides is 1. The zero-order valence-electron chi connectivity index (χ0n) is 9.72. The van der Waals surface area contributed by atoms with E-state index in [0.717, 1.165) is 0 Å². The number of carboxylic acid groups (broad SMARTS) is 1. The molecule has 0 aliphatic carbocycles. The van der Waals surface area contributed by atoms with Gasteiger partial charge in [-0.1, -0.05) is 12.2 Å². The van der Waals surface area contributed by atoms with Gasteiger partial charge in [0.25, 0.3) is 0 Å². The molecule has 3 aliphatic rings. The summed E-state index contributed by atoms with van der Waals surface area (Å²) in [7, 11) is 0. The average molecular weight is 278 g/mol. The van der Waals surface area contributed by atoms with Crippen molar-refractivity contribution in [2.24, 2.45) is 11.8 Å². The summed E-state index contributed by atoms with van der Waals surface area (Å²) in [6.07, 6.45) is 4.74. The van der Waals surface area contributed by atoms with Crippen LogP contribution in [0.2, 0.25) is 0 Å². The molecule has 7 heteroatoms. The van der Waals surface area contributed by atoms with Crippen molar-refractivity contribution < 1.29 is 19.4 Å². The van der Waals surface area contributed by atoms with Crippen molar-refractivity contribution in [3.63, 3.8) is 0 Å². The predicted octanol–water partition coefficient (Wildman–Crippen LogP) is 0.514. The van der Waals surface area contributed by atoms with Gasteiger partial charge < -0.3 is 9.84 Å². The fraction of sp³-hybridized carbons (Fsp3) is 0.417. The van der Waals surface area contributed by atoms with E-state index < -0.39 is 29.5 Å². The van der Waals surface area contributed by atoms with Gasteiger partial charge in [0.05, 0.1) is 18.6 Å². The van der Waals surface area contributed by atoms with Crippen LogP contribution in [0.3, 0.4) is 0 Å². The number of carboxylic acids is 1. The van der Waals surface area contributed by atoms with Crippen molar-refractivity contribution in [3.8, 4) is 0 Å². The third-order valence-corrected chi connectivity index (χ3v) is 4.83. The number of carbonyl (C=O) groups excluding carboxylic acids is 1. The van der Waals surface area contributed by atoms with E-state index in [1.54, 1.807) is 17.7 Å². The van der Waals surface area contributed by atoms with Gasteiger partial charge in [-0.15, -0.1) is 11.3 Å². The first-order chi connectivity index (χ1) is 9.12. The molecule has 4 heterocycles. The van der Waals surface area contributed by atoms with E-state index >= 15 is 0 Å². The van der Waals surface area contributed by atoms with Crippen LogP contribution in [0.25, 0.3) is 0 Å². The quantitative estimate of drug-likeness (QED) is 0.797. The minimum atomic E-state index is -0.976. The van der Waals surface area contributed by atoms with Crippen LogP contribution in [0.15, 0.2) is 23.7 Å². The molecule has 1 aromatic rings. The Morgan fingerprint density at radius 3 is 3.16 bits per heavy atom. The van der Waals surface area contributed by atoms with Crippen LogP contribution in [0, 0.1) is 11.8 Å². The molecular weight excluding hydrogens is 268 g/mol. The molecule has 4 rings (SSSR count). The van der Waals surface area contributed by atoms with E-state index in [4.69, 9.17) is 4.74 Å². The van der Waals surface area contributed by atoms with Gasteiger partial charge in [0.15, 0.2) is 5.13 Å². The lowest BCUT2D eigenvalue weighted by molar-refractivity contribution is -0.146. The minimum absolute atomic E-state index is 0.200. The second kappa shape index (κ2) is 3.43. The Hall–Kier alpha value is -1.73. The third kappa shape index (κ3) is 1.26. The Bertz CT molecular complexity index is 599. The maximum atomic E-state index is 12.5. The molecule has 1 amide bonds. The van der Waals surface area contributed by atoms with E-state index in [2.05, 4.69) is 4.98 Å². The van der Waals surface area contributed by atoms with E-state index in [1.807, 2.05) is 6.08 Å². The third-order valence-electron chi connectivity index (χ3n) is 4.04. The number of ether oxygens (including phenoxy) is 1. The van der Waals surface area contributed by atoms with Crippen molar-refractivity contribution in [2.45, 2.75) is 11.7 Å². The highest BCUT2D eigenvalue weighted by atomic mass is 32.1. The van der Waals surface area contributed by atoms with Gasteiger partial charge in [0.1, 0.15) is 11.5 Å². The molecule has 98 valence electrons. The smallest absolute Gasteiger partial charge is 0.310 e. The number of hydrogen-bond acceptors (Lipinski definition) is 5. The molecule has 1 N–H and O–H groups in total. The first kappa shape index (κ1) is 11.1. The van der Waals surface area contributed by atoms with Gasteiger partial charge in [-0.2, -0.15) is 0 Å². The summed E-state index contributed by atoms with van der Waals surface area (Å²) < 4.78 is 5.78. The summed E-state index contributed by atoms with van der Waals surface area (Å²) in [4.78, 5) is 29.5. The lowest BCUT2D eigenvalue weighted by Gasteiger charge is -2.21. The summed E-state index contributed by atoms with van der Waals surface area (Å²) in [5.41, 5.74) is -0.781. The lowest BCUT2D eigenvalue weighted by Crippen LogP contribution is -2.39. The lowest BCUT2D eigenvalue weighted by atomic mass is 9.77. The van der Waals surface area contributed by atoms with Gasteiger partial charge in [0.2, 0.25) is 5.91 Å². The highest BCUT2D eigenvalue weighted by Crippen LogP contribution is 2.52. The molecule has 2 saturated heterocycles. The maximum absolute atomic E-state index is 12.5. The SMILES string of the molecule is O=C(O)[C@@H]1[C@H]2C(=O)N(c3nccs3)C[C@@]23C=C[C@H]1O3. The first-order valence-corrected chi connectivity index (χ1v) is 6.81. The number of thiazole rings is 1. The van der Waals surface area contributed by atoms with E-state index in [-0.39, 0.29) is 5.91 Å². The van der Waals surface area contributed by atoms with E-state index in [9.17, 15) is 14.7 Å². The van der Waals surface area contributed by atoms with Crippen LogP contribution in [0.1, 0.15) is 0 Å². The summed E-state index contributed by atoms with van der Waals surface area (Å²) in [6, 6.07) is 0. The Kier molecular flexibility index (Phi) is 2.01. The molecule has 2 fully saturated rings. The first-order valence-electron chi connectivity index (χ1n) is 5.93. The fourth-order valence-corrected chi connectivity index (χ4v) is 3.94.